The molecule has 0 aromatic carbocycles. The molecule has 0 amide bonds. The van der Waals surface area contributed by atoms with Crippen molar-refractivity contribution in [3.63, 3.8) is 0 Å². The van der Waals surface area contributed by atoms with Crippen molar-refractivity contribution in [3.8, 4) is 11.1 Å². The van der Waals surface area contributed by atoms with Gasteiger partial charge in [0, 0.05) is 55.0 Å². The van der Waals surface area contributed by atoms with Crippen LogP contribution in [0.2, 0.25) is 0 Å². The number of nitrogens with zero attached hydrogens (tertiary/aromatic N) is 2. The fourth-order valence-corrected chi connectivity index (χ4v) is 6.16. The molecule has 0 aliphatic heterocycles. The first kappa shape index (κ1) is 30.4. The second-order valence-electron chi connectivity index (χ2n) is 10.3. The van der Waals surface area contributed by atoms with Crippen LogP contribution < -0.4 is 0 Å². The lowest BCUT2D eigenvalue weighted by Crippen LogP contribution is -2.07. The maximum atomic E-state index is 11.5. The van der Waals surface area contributed by atoms with E-state index < -0.39 is 0 Å². The van der Waals surface area contributed by atoms with Gasteiger partial charge < -0.3 is 4.74 Å². The zero-order valence-corrected chi connectivity index (χ0v) is 26.0. The summed E-state index contributed by atoms with van der Waals surface area (Å²) < 4.78 is 5.20. The Morgan fingerprint density at radius 2 is 1.37 bits per heavy atom. The molecule has 0 bridgehead atoms. The van der Waals surface area contributed by atoms with Gasteiger partial charge in [0.1, 0.15) is 0 Å². The van der Waals surface area contributed by atoms with Crippen molar-refractivity contribution in [2.24, 2.45) is 0 Å². The van der Waals surface area contributed by atoms with Gasteiger partial charge in [0.25, 0.3) is 0 Å². The number of aromatic nitrogens is 2. The first-order chi connectivity index (χ1) is 19.8. The number of ether oxygens (including phenoxy) is 1. The Labute approximate surface area is 252 Å². The number of hydrogen-bond acceptors (Lipinski definition) is 6. The third-order valence-corrected chi connectivity index (χ3v) is 8.92. The Balaban J connectivity index is 1.36. The number of hydrogen-bond donors (Lipinski definition) is 0. The van der Waals surface area contributed by atoms with Crippen molar-refractivity contribution in [2.45, 2.75) is 59.8 Å². The highest BCUT2D eigenvalue weighted by molar-refractivity contribution is 7.13. The smallest absolute Gasteiger partial charge is 0.333 e. The van der Waals surface area contributed by atoms with Crippen LogP contribution in [0.3, 0.4) is 0 Å². The zero-order valence-electron chi connectivity index (χ0n) is 24.4. The van der Waals surface area contributed by atoms with Gasteiger partial charge in [-0.1, -0.05) is 26.3 Å². The summed E-state index contributed by atoms with van der Waals surface area (Å²) in [6, 6.07) is 13.0. The molecule has 4 heterocycles. The molecule has 0 fully saturated rings. The molecule has 0 aliphatic rings. The number of rotatable bonds is 13. The normalized spacial score (nSPS) is 11.5. The van der Waals surface area contributed by atoms with E-state index in [0.717, 1.165) is 38.5 Å². The minimum atomic E-state index is -0.342. The van der Waals surface area contributed by atoms with Crippen LogP contribution in [0.15, 0.2) is 60.9 Å². The second-order valence-corrected chi connectivity index (χ2v) is 12.7. The molecule has 0 atom stereocenters. The lowest BCUT2D eigenvalue weighted by atomic mass is 10.0. The first-order valence-electron chi connectivity index (χ1n) is 14.1. The van der Waals surface area contributed by atoms with E-state index in [1.165, 1.54) is 40.3 Å². The fourth-order valence-electron chi connectivity index (χ4n) is 4.31. The Morgan fingerprint density at radius 1 is 0.829 bits per heavy atom. The molecule has 6 heteroatoms. The molecule has 0 aliphatic carbocycles. The summed E-state index contributed by atoms with van der Waals surface area (Å²) >= 11 is 3.56. The molecule has 0 N–H and O–H groups in total. The first-order valence-corrected chi connectivity index (χ1v) is 15.8. The molecule has 41 heavy (non-hydrogen) atoms. The predicted molar refractivity (Wildman–Crippen MR) is 176 cm³/mol. The summed E-state index contributed by atoms with van der Waals surface area (Å²) in [5, 5.41) is 0. The number of thiophene rings is 2. The minimum absolute atomic E-state index is 0.342. The van der Waals surface area contributed by atoms with E-state index in [1.807, 2.05) is 29.8 Å². The number of aryl methyl sites for hydroxylation is 3. The third kappa shape index (κ3) is 8.94. The number of esters is 1. The van der Waals surface area contributed by atoms with Crippen LogP contribution in [0, 0.1) is 13.8 Å². The summed E-state index contributed by atoms with van der Waals surface area (Å²) in [5.41, 5.74) is 6.72. The Bertz CT molecular complexity index is 1560. The van der Waals surface area contributed by atoms with Crippen LogP contribution in [-0.2, 0) is 22.4 Å². The van der Waals surface area contributed by atoms with E-state index in [2.05, 4.69) is 82.0 Å². The van der Waals surface area contributed by atoms with Gasteiger partial charge in [0.05, 0.1) is 18.0 Å². The topological polar surface area (TPSA) is 52.1 Å². The highest BCUT2D eigenvalue weighted by Gasteiger charge is 2.07. The van der Waals surface area contributed by atoms with Gasteiger partial charge >= 0.3 is 5.97 Å². The number of carbonyl (C=O) groups excluding carboxylic acids is 1. The van der Waals surface area contributed by atoms with E-state index >= 15 is 0 Å². The molecule has 0 saturated heterocycles. The van der Waals surface area contributed by atoms with Crippen LogP contribution in [-0.4, -0.2) is 22.5 Å². The van der Waals surface area contributed by atoms with Crippen LogP contribution >= 0.6 is 22.7 Å². The van der Waals surface area contributed by atoms with Gasteiger partial charge in [0.2, 0.25) is 0 Å². The number of carbonyl (C=O) groups is 1. The lowest BCUT2D eigenvalue weighted by Gasteiger charge is -2.07. The van der Waals surface area contributed by atoms with E-state index in [1.54, 1.807) is 18.3 Å². The molecule has 0 spiro atoms. The fraction of sp³-hybridized carbons (Fsp3) is 0.286. The van der Waals surface area contributed by atoms with Crippen LogP contribution in [0.25, 0.3) is 35.4 Å². The van der Waals surface area contributed by atoms with Gasteiger partial charge in [0.15, 0.2) is 0 Å². The van der Waals surface area contributed by atoms with Crippen molar-refractivity contribution in [2.75, 3.05) is 6.61 Å². The van der Waals surface area contributed by atoms with Gasteiger partial charge in [-0.05, 0) is 105 Å². The zero-order chi connectivity index (χ0) is 29.2. The molecule has 0 radical (unpaired) electrons. The van der Waals surface area contributed by atoms with Crippen molar-refractivity contribution >= 4 is 52.9 Å². The average Bonchev–Trinajstić information content (AvgIpc) is 3.61. The molecular weight excluding hydrogens is 545 g/mol. The van der Waals surface area contributed by atoms with Gasteiger partial charge in [-0.25, -0.2) is 4.79 Å². The highest BCUT2D eigenvalue weighted by Crippen LogP contribution is 2.26. The standard InChI is InChI=1S/C35H38N2O2S2/c1-6-7-8-9-29-10-11-30(40-29)14-16-33-25(4)20-27(22-36-33)28-21-26(5)34(37-23-28)17-15-31-12-13-32(41-31)18-19-39-35(38)24(2)3/h10-17,20-23H,2,6-9,18-19H2,1,3-5H3/b16-14+,17-15+. The molecule has 4 rings (SSSR count). The van der Waals surface area contributed by atoms with Crippen molar-refractivity contribution in [1.82, 2.24) is 9.97 Å². The highest BCUT2D eigenvalue weighted by atomic mass is 32.1. The summed E-state index contributed by atoms with van der Waals surface area (Å²) in [4.78, 5) is 26.1. The number of unbranched alkanes of at least 4 members (excludes halogenated alkanes) is 2. The second kappa shape index (κ2) is 14.9. The Hall–Kier alpha value is -3.61. The van der Waals surface area contributed by atoms with E-state index in [0.29, 0.717) is 18.6 Å². The van der Waals surface area contributed by atoms with E-state index in [4.69, 9.17) is 14.7 Å². The van der Waals surface area contributed by atoms with Crippen LogP contribution in [0.1, 0.15) is 75.1 Å². The summed E-state index contributed by atoms with van der Waals surface area (Å²) in [5.74, 6) is -0.342. The molecular formula is C35H38N2O2S2. The monoisotopic (exact) mass is 582 g/mol. The number of pyridine rings is 2. The summed E-state index contributed by atoms with van der Waals surface area (Å²) in [6.45, 7) is 12.1. The average molecular weight is 583 g/mol. The van der Waals surface area contributed by atoms with Crippen molar-refractivity contribution < 1.29 is 9.53 Å². The molecule has 212 valence electrons. The van der Waals surface area contributed by atoms with Gasteiger partial charge in [-0.15, -0.1) is 22.7 Å². The summed E-state index contributed by atoms with van der Waals surface area (Å²) in [6.07, 6.45) is 17.9. The molecule has 4 aromatic rings. The van der Waals surface area contributed by atoms with Gasteiger partial charge in [-0.3, -0.25) is 9.97 Å². The lowest BCUT2D eigenvalue weighted by molar-refractivity contribution is -0.138. The molecule has 4 aromatic heterocycles. The van der Waals surface area contributed by atoms with E-state index in [-0.39, 0.29) is 5.97 Å². The Morgan fingerprint density at radius 3 is 1.85 bits per heavy atom. The van der Waals surface area contributed by atoms with Crippen molar-refractivity contribution in [1.29, 1.82) is 0 Å². The minimum Gasteiger partial charge on any atom is -0.462 e. The quantitative estimate of drug-likeness (QED) is 0.0895. The maximum Gasteiger partial charge on any atom is 0.333 e. The van der Waals surface area contributed by atoms with Crippen LogP contribution in [0.5, 0.6) is 0 Å². The van der Waals surface area contributed by atoms with E-state index in [9.17, 15) is 4.79 Å². The maximum absolute atomic E-state index is 11.5. The molecule has 4 nitrogen and oxygen atoms in total. The molecule has 0 saturated carbocycles. The third-order valence-electron chi connectivity index (χ3n) is 6.70. The summed E-state index contributed by atoms with van der Waals surface area (Å²) in [7, 11) is 0. The van der Waals surface area contributed by atoms with Crippen molar-refractivity contribution in [3.05, 3.63) is 103 Å². The molecule has 0 unspecified atom stereocenters. The van der Waals surface area contributed by atoms with Crippen LogP contribution in [0.4, 0.5) is 0 Å². The largest absolute Gasteiger partial charge is 0.462 e. The van der Waals surface area contributed by atoms with Gasteiger partial charge in [-0.2, -0.15) is 0 Å². The predicted octanol–water partition coefficient (Wildman–Crippen LogP) is 9.62. The Kier molecular flexibility index (Phi) is 11.0. The SMILES string of the molecule is C=C(C)C(=O)OCCc1ccc(/C=C/c2ncc(-c3cnc(/C=C/c4ccc(CCCCC)s4)c(C)c3)cc2C)s1.